The minimum Gasteiger partial charge on any atom is -0.383 e. The first-order valence-electron chi connectivity index (χ1n) is 7.97. The lowest BCUT2D eigenvalue weighted by Gasteiger charge is -2.20. The zero-order valence-electron chi connectivity index (χ0n) is 14.7. The first kappa shape index (κ1) is 19.8. The fourth-order valence-electron chi connectivity index (χ4n) is 2.49. The highest BCUT2D eigenvalue weighted by Crippen LogP contribution is 2.31. The van der Waals surface area contributed by atoms with Gasteiger partial charge in [0.2, 0.25) is 0 Å². The van der Waals surface area contributed by atoms with Crippen LogP contribution in [-0.2, 0) is 14.6 Å². The van der Waals surface area contributed by atoms with E-state index in [-0.39, 0.29) is 22.0 Å². The minimum atomic E-state index is -3.47. The number of methoxy groups -OCH3 is 1. The van der Waals surface area contributed by atoms with Crippen LogP contribution in [0.1, 0.15) is 10.4 Å². The van der Waals surface area contributed by atoms with Crippen molar-refractivity contribution in [3.05, 3.63) is 53.1 Å². The van der Waals surface area contributed by atoms with Crippen molar-refractivity contribution in [3.8, 4) is 0 Å². The van der Waals surface area contributed by atoms with E-state index in [1.54, 1.807) is 0 Å². The van der Waals surface area contributed by atoms with Crippen molar-refractivity contribution in [1.82, 2.24) is 4.98 Å². The van der Waals surface area contributed by atoms with Crippen LogP contribution in [0.15, 0.2) is 47.4 Å². The van der Waals surface area contributed by atoms with Crippen molar-refractivity contribution in [2.24, 2.45) is 0 Å². The number of halogens is 1. The maximum atomic E-state index is 13.2. The Morgan fingerprint density at radius 3 is 2.67 bits per heavy atom. The van der Waals surface area contributed by atoms with E-state index >= 15 is 0 Å². The number of sulfone groups is 1. The zero-order chi connectivity index (χ0) is 19.6. The number of carbonyl (C=O) groups excluding carboxylic acids is 1. The Balaban J connectivity index is 2.06. The summed E-state index contributed by atoms with van der Waals surface area (Å²) >= 11 is 7.57. The van der Waals surface area contributed by atoms with Crippen LogP contribution in [0.4, 0.5) is 5.13 Å². The molecule has 3 aromatic rings. The van der Waals surface area contributed by atoms with Crippen molar-refractivity contribution in [3.63, 3.8) is 0 Å². The summed E-state index contributed by atoms with van der Waals surface area (Å²) in [6.45, 7) is 0.555. The lowest BCUT2D eigenvalue weighted by atomic mass is 10.2. The van der Waals surface area contributed by atoms with Crippen LogP contribution >= 0.6 is 22.9 Å². The summed E-state index contributed by atoms with van der Waals surface area (Å²) in [6, 6.07) is 11.7. The number of benzene rings is 2. The van der Waals surface area contributed by atoms with Crippen molar-refractivity contribution < 1.29 is 17.9 Å². The molecule has 0 aliphatic rings. The van der Waals surface area contributed by atoms with E-state index in [1.165, 1.54) is 41.5 Å². The predicted octanol–water partition coefficient (Wildman–Crippen LogP) is 3.65. The Kier molecular flexibility index (Phi) is 5.81. The molecule has 0 bridgehead atoms. The first-order valence-corrected chi connectivity index (χ1v) is 11.1. The maximum absolute atomic E-state index is 13.2. The molecular weight excluding hydrogens is 408 g/mol. The number of para-hydroxylation sites is 1. The van der Waals surface area contributed by atoms with Crippen molar-refractivity contribution in [1.29, 1.82) is 0 Å². The summed E-state index contributed by atoms with van der Waals surface area (Å²) < 4.78 is 29.8. The molecule has 6 nitrogen and oxygen atoms in total. The van der Waals surface area contributed by atoms with Crippen LogP contribution in [-0.4, -0.2) is 45.8 Å². The van der Waals surface area contributed by atoms with Gasteiger partial charge < -0.3 is 4.74 Å². The Bertz CT molecular complexity index is 1060. The fourth-order valence-corrected chi connectivity index (χ4v) is 4.32. The molecule has 0 unspecified atom stereocenters. The number of hydrogen-bond donors (Lipinski definition) is 0. The highest BCUT2D eigenvalue weighted by molar-refractivity contribution is 7.90. The van der Waals surface area contributed by atoms with E-state index in [1.807, 2.05) is 24.3 Å². The molecule has 142 valence electrons. The molecule has 0 N–H and O–H groups in total. The number of anilines is 1. The molecule has 3 rings (SSSR count). The van der Waals surface area contributed by atoms with Crippen LogP contribution in [0.2, 0.25) is 5.02 Å². The second kappa shape index (κ2) is 7.93. The number of ether oxygens (including phenoxy) is 1. The first-order chi connectivity index (χ1) is 12.8. The number of thiazole rings is 1. The van der Waals surface area contributed by atoms with Gasteiger partial charge in [0.05, 0.1) is 38.8 Å². The largest absolute Gasteiger partial charge is 0.383 e. The third-order valence-corrected chi connectivity index (χ3v) is 6.37. The van der Waals surface area contributed by atoms with Crippen LogP contribution in [0.5, 0.6) is 0 Å². The van der Waals surface area contributed by atoms with E-state index in [4.69, 9.17) is 16.3 Å². The van der Waals surface area contributed by atoms with Gasteiger partial charge in [-0.15, -0.1) is 0 Å². The molecule has 0 fully saturated rings. The summed E-state index contributed by atoms with van der Waals surface area (Å²) in [5, 5.41) is 0.676. The fraction of sp³-hybridized carbons (Fsp3) is 0.222. The molecule has 0 aliphatic carbocycles. The lowest BCUT2D eigenvalue weighted by molar-refractivity contribution is 0.0976. The van der Waals surface area contributed by atoms with Gasteiger partial charge in [-0.3, -0.25) is 9.69 Å². The average molecular weight is 425 g/mol. The van der Waals surface area contributed by atoms with E-state index < -0.39 is 15.7 Å². The third kappa shape index (κ3) is 4.30. The molecule has 0 saturated heterocycles. The number of aromatic nitrogens is 1. The van der Waals surface area contributed by atoms with Crippen LogP contribution in [0, 0.1) is 0 Å². The van der Waals surface area contributed by atoms with Crippen LogP contribution < -0.4 is 4.90 Å². The Labute approximate surface area is 166 Å². The molecule has 0 spiro atoms. The molecule has 1 aromatic heterocycles. The van der Waals surface area contributed by atoms with Gasteiger partial charge in [-0.25, -0.2) is 13.4 Å². The number of nitrogens with zero attached hydrogens (tertiary/aromatic N) is 2. The van der Waals surface area contributed by atoms with Gasteiger partial charge in [-0.2, -0.15) is 0 Å². The Morgan fingerprint density at radius 1 is 1.26 bits per heavy atom. The zero-order valence-corrected chi connectivity index (χ0v) is 17.1. The molecule has 1 amide bonds. The molecule has 2 aromatic carbocycles. The van der Waals surface area contributed by atoms with Crippen molar-refractivity contribution in [2.75, 3.05) is 31.4 Å². The Hall–Kier alpha value is -2.00. The number of rotatable bonds is 6. The quantitative estimate of drug-likeness (QED) is 0.603. The molecule has 0 atom stereocenters. The van der Waals surface area contributed by atoms with Gasteiger partial charge in [0.25, 0.3) is 5.91 Å². The third-order valence-electron chi connectivity index (χ3n) is 3.87. The van der Waals surface area contributed by atoms with Crippen LogP contribution in [0.25, 0.3) is 10.2 Å². The molecule has 1 heterocycles. The van der Waals surface area contributed by atoms with E-state index in [0.717, 1.165) is 16.5 Å². The summed E-state index contributed by atoms with van der Waals surface area (Å²) in [7, 11) is -1.93. The minimum absolute atomic E-state index is 0.0336. The van der Waals surface area contributed by atoms with Gasteiger partial charge >= 0.3 is 0 Å². The summed E-state index contributed by atoms with van der Waals surface area (Å²) in [5.74, 6) is -0.429. The van der Waals surface area contributed by atoms with Gasteiger partial charge in [0.15, 0.2) is 15.0 Å². The summed E-state index contributed by atoms with van der Waals surface area (Å²) in [6.07, 6.45) is 1.08. The van der Waals surface area contributed by atoms with E-state index in [9.17, 15) is 13.2 Å². The Morgan fingerprint density at radius 2 is 2.00 bits per heavy atom. The predicted molar refractivity (Wildman–Crippen MR) is 108 cm³/mol. The highest BCUT2D eigenvalue weighted by Gasteiger charge is 2.24. The SMILES string of the molecule is COCCN(C(=O)c1cc(S(C)(=O)=O)ccc1Cl)c1nc2ccccc2s1. The van der Waals surface area contributed by atoms with Crippen molar-refractivity contribution >= 4 is 54.0 Å². The van der Waals surface area contributed by atoms with Gasteiger partial charge in [-0.1, -0.05) is 35.1 Å². The monoisotopic (exact) mass is 424 g/mol. The normalized spacial score (nSPS) is 11.7. The number of hydrogen-bond acceptors (Lipinski definition) is 6. The molecule has 27 heavy (non-hydrogen) atoms. The number of amides is 1. The molecule has 0 radical (unpaired) electrons. The molecule has 0 aliphatic heterocycles. The maximum Gasteiger partial charge on any atom is 0.261 e. The summed E-state index contributed by atoms with van der Waals surface area (Å²) in [4.78, 5) is 19.2. The number of fused-ring (bicyclic) bond motifs is 1. The molecular formula is C18H17ClN2O4S2. The highest BCUT2D eigenvalue weighted by atomic mass is 35.5. The second-order valence-corrected chi connectivity index (χ2v) is 9.26. The van der Waals surface area contributed by atoms with E-state index in [0.29, 0.717) is 11.7 Å². The van der Waals surface area contributed by atoms with Gasteiger partial charge in [0.1, 0.15) is 0 Å². The second-order valence-electron chi connectivity index (χ2n) is 5.83. The standard InChI is InChI=1S/C18H17ClN2O4S2/c1-25-10-9-21(18-20-15-5-3-4-6-16(15)26-18)17(22)13-11-12(27(2,23)24)7-8-14(13)19/h3-8,11H,9-10H2,1-2H3. The number of carbonyl (C=O) groups is 1. The summed E-state index contributed by atoms with van der Waals surface area (Å²) in [5.41, 5.74) is 0.888. The molecule has 0 saturated carbocycles. The van der Waals surface area contributed by atoms with Gasteiger partial charge in [0, 0.05) is 13.4 Å². The average Bonchev–Trinajstić information content (AvgIpc) is 3.05. The van der Waals surface area contributed by atoms with Crippen LogP contribution in [0.3, 0.4) is 0 Å². The molecule has 9 heteroatoms. The van der Waals surface area contributed by atoms with Crippen molar-refractivity contribution in [2.45, 2.75) is 4.90 Å². The topological polar surface area (TPSA) is 76.6 Å². The van der Waals surface area contributed by atoms with E-state index in [2.05, 4.69) is 4.98 Å². The van der Waals surface area contributed by atoms with Gasteiger partial charge in [-0.05, 0) is 30.3 Å². The smallest absolute Gasteiger partial charge is 0.261 e. The lowest BCUT2D eigenvalue weighted by Crippen LogP contribution is -2.34.